The standard InChI is InChI=1S/C26H39N3O5/c1-20(30)29-15-6-4-2-3-5-14-28(23-11-16-34-17-12-23)19-22-18-21(9-10-24(22)29)26(33)27-13-7-8-25(31)32/h9-10,18,23H,2-8,11-17,19H2,1H3,(H,27,33)(H,31,32). The SMILES string of the molecule is CC(=O)N1CCCCCCCN(C2CCOCC2)Cc2cc(C(=O)NCCCC(=O)O)ccc21. The molecule has 2 amide bonds. The number of amides is 2. The van der Waals surface area contributed by atoms with Crippen molar-refractivity contribution in [3.05, 3.63) is 29.3 Å². The van der Waals surface area contributed by atoms with Gasteiger partial charge in [-0.25, -0.2) is 0 Å². The van der Waals surface area contributed by atoms with Crippen LogP contribution in [0.15, 0.2) is 18.2 Å². The summed E-state index contributed by atoms with van der Waals surface area (Å²) in [5.74, 6) is -1.07. The maximum atomic E-state index is 12.8. The number of hydrogen-bond acceptors (Lipinski definition) is 5. The number of carbonyl (C=O) groups is 3. The molecule has 0 unspecified atom stereocenters. The van der Waals surface area contributed by atoms with Crippen molar-refractivity contribution in [1.82, 2.24) is 10.2 Å². The Balaban J connectivity index is 1.87. The fraction of sp³-hybridized carbons (Fsp3) is 0.654. The van der Waals surface area contributed by atoms with Gasteiger partial charge in [0.25, 0.3) is 5.91 Å². The van der Waals surface area contributed by atoms with Crippen molar-refractivity contribution in [3.63, 3.8) is 0 Å². The third kappa shape index (κ3) is 7.81. The van der Waals surface area contributed by atoms with Gasteiger partial charge < -0.3 is 20.1 Å². The van der Waals surface area contributed by atoms with Crippen molar-refractivity contribution in [2.75, 3.05) is 37.7 Å². The number of aliphatic carboxylic acids is 1. The van der Waals surface area contributed by atoms with Crippen molar-refractivity contribution < 1.29 is 24.2 Å². The van der Waals surface area contributed by atoms with Gasteiger partial charge in [0.2, 0.25) is 5.91 Å². The van der Waals surface area contributed by atoms with Gasteiger partial charge in [0, 0.05) is 63.5 Å². The van der Waals surface area contributed by atoms with Gasteiger partial charge in [0.1, 0.15) is 0 Å². The lowest BCUT2D eigenvalue weighted by atomic mass is 10.0. The summed E-state index contributed by atoms with van der Waals surface area (Å²) in [7, 11) is 0. The van der Waals surface area contributed by atoms with Crippen LogP contribution in [0.4, 0.5) is 5.69 Å². The molecule has 2 N–H and O–H groups in total. The normalized spacial score (nSPS) is 18.9. The summed E-state index contributed by atoms with van der Waals surface area (Å²) >= 11 is 0. The zero-order chi connectivity index (χ0) is 24.3. The first kappa shape index (κ1) is 26.2. The number of benzene rings is 1. The lowest BCUT2D eigenvalue weighted by molar-refractivity contribution is -0.137. The third-order valence-electron chi connectivity index (χ3n) is 6.77. The van der Waals surface area contributed by atoms with E-state index < -0.39 is 5.97 Å². The number of carboxylic acid groups (broad SMARTS) is 1. The summed E-state index contributed by atoms with van der Waals surface area (Å²) in [5, 5.41) is 11.6. The minimum absolute atomic E-state index is 0.0156. The van der Waals surface area contributed by atoms with Crippen LogP contribution in [0.1, 0.15) is 80.6 Å². The van der Waals surface area contributed by atoms with E-state index in [1.807, 2.05) is 17.0 Å². The molecule has 0 spiro atoms. The number of rotatable bonds is 6. The molecule has 2 aliphatic rings. The second-order valence-corrected chi connectivity index (χ2v) is 9.35. The molecular formula is C26H39N3O5. The van der Waals surface area contributed by atoms with E-state index in [-0.39, 0.29) is 18.2 Å². The first-order chi connectivity index (χ1) is 16.5. The van der Waals surface area contributed by atoms with Crippen molar-refractivity contribution in [2.45, 2.75) is 77.3 Å². The van der Waals surface area contributed by atoms with E-state index >= 15 is 0 Å². The van der Waals surface area contributed by atoms with Gasteiger partial charge in [-0.3, -0.25) is 19.3 Å². The molecule has 0 bridgehead atoms. The smallest absolute Gasteiger partial charge is 0.303 e. The van der Waals surface area contributed by atoms with E-state index in [0.717, 1.165) is 63.1 Å². The summed E-state index contributed by atoms with van der Waals surface area (Å²) in [5.41, 5.74) is 2.41. The second-order valence-electron chi connectivity index (χ2n) is 9.35. The molecule has 1 saturated heterocycles. The van der Waals surface area contributed by atoms with Gasteiger partial charge in [0.15, 0.2) is 0 Å². The van der Waals surface area contributed by atoms with Gasteiger partial charge in [-0.15, -0.1) is 0 Å². The van der Waals surface area contributed by atoms with Crippen molar-refractivity contribution in [2.24, 2.45) is 0 Å². The zero-order valence-electron chi connectivity index (χ0n) is 20.4. The van der Waals surface area contributed by atoms with Gasteiger partial charge in [0.05, 0.1) is 0 Å². The molecule has 0 radical (unpaired) electrons. The molecule has 8 heteroatoms. The average Bonchev–Trinajstić information content (AvgIpc) is 2.82. The van der Waals surface area contributed by atoms with E-state index in [2.05, 4.69) is 10.2 Å². The van der Waals surface area contributed by atoms with E-state index in [1.54, 1.807) is 13.0 Å². The Morgan fingerprint density at radius 3 is 2.47 bits per heavy atom. The van der Waals surface area contributed by atoms with Crippen LogP contribution in [0.25, 0.3) is 0 Å². The molecule has 0 saturated carbocycles. The number of ether oxygens (including phenoxy) is 1. The van der Waals surface area contributed by atoms with Crippen LogP contribution in [0.2, 0.25) is 0 Å². The van der Waals surface area contributed by atoms with Crippen LogP contribution in [0.3, 0.4) is 0 Å². The van der Waals surface area contributed by atoms with Gasteiger partial charge in [-0.05, 0) is 62.4 Å². The predicted molar refractivity (Wildman–Crippen MR) is 131 cm³/mol. The first-order valence-corrected chi connectivity index (χ1v) is 12.7. The Morgan fingerprint density at radius 2 is 1.76 bits per heavy atom. The quantitative estimate of drug-likeness (QED) is 0.613. The molecule has 0 atom stereocenters. The number of fused-ring (bicyclic) bond motifs is 1. The molecule has 0 aromatic heterocycles. The van der Waals surface area contributed by atoms with Crippen LogP contribution in [-0.2, 0) is 20.9 Å². The lowest BCUT2D eigenvalue weighted by Gasteiger charge is -2.36. The van der Waals surface area contributed by atoms with E-state index in [9.17, 15) is 14.4 Å². The molecule has 2 aliphatic heterocycles. The minimum atomic E-state index is -0.869. The Labute approximate surface area is 202 Å². The fourth-order valence-electron chi connectivity index (χ4n) is 4.88. The van der Waals surface area contributed by atoms with Crippen molar-refractivity contribution in [3.8, 4) is 0 Å². The number of hydrogen-bond donors (Lipinski definition) is 2. The Hall–Kier alpha value is -2.45. The molecule has 1 aromatic rings. The largest absolute Gasteiger partial charge is 0.481 e. The first-order valence-electron chi connectivity index (χ1n) is 12.7. The Kier molecular flexibility index (Phi) is 10.3. The topological polar surface area (TPSA) is 99.2 Å². The van der Waals surface area contributed by atoms with Crippen LogP contribution in [0, 0.1) is 0 Å². The van der Waals surface area contributed by atoms with E-state index in [4.69, 9.17) is 9.84 Å². The number of nitrogens with one attached hydrogen (secondary N) is 1. The summed E-state index contributed by atoms with van der Waals surface area (Å²) in [6.45, 7) is 5.82. The Morgan fingerprint density at radius 1 is 1.06 bits per heavy atom. The van der Waals surface area contributed by atoms with Crippen molar-refractivity contribution >= 4 is 23.5 Å². The number of carboxylic acids is 1. The summed E-state index contributed by atoms with van der Waals surface area (Å²) in [4.78, 5) is 40.4. The van der Waals surface area contributed by atoms with E-state index in [0.29, 0.717) is 37.7 Å². The highest BCUT2D eigenvalue weighted by Crippen LogP contribution is 2.28. The zero-order valence-corrected chi connectivity index (χ0v) is 20.4. The fourth-order valence-corrected chi connectivity index (χ4v) is 4.88. The molecule has 0 aliphatic carbocycles. The van der Waals surface area contributed by atoms with E-state index in [1.165, 1.54) is 12.8 Å². The molecule has 188 valence electrons. The monoisotopic (exact) mass is 473 g/mol. The lowest BCUT2D eigenvalue weighted by Crippen LogP contribution is -2.40. The highest BCUT2D eigenvalue weighted by Gasteiger charge is 2.25. The second kappa shape index (κ2) is 13.4. The van der Waals surface area contributed by atoms with Crippen molar-refractivity contribution in [1.29, 1.82) is 0 Å². The Bertz CT molecular complexity index is 838. The molecule has 34 heavy (non-hydrogen) atoms. The van der Waals surface area contributed by atoms with Gasteiger partial charge in [-0.2, -0.15) is 0 Å². The van der Waals surface area contributed by atoms with Crippen LogP contribution in [0.5, 0.6) is 0 Å². The van der Waals surface area contributed by atoms with Gasteiger partial charge >= 0.3 is 5.97 Å². The van der Waals surface area contributed by atoms with Crippen LogP contribution >= 0.6 is 0 Å². The average molecular weight is 474 g/mol. The number of nitrogens with zero attached hydrogens (tertiary/aromatic N) is 2. The van der Waals surface area contributed by atoms with Gasteiger partial charge in [-0.1, -0.05) is 19.3 Å². The molecule has 1 aromatic carbocycles. The highest BCUT2D eigenvalue weighted by atomic mass is 16.5. The minimum Gasteiger partial charge on any atom is -0.481 e. The summed E-state index contributed by atoms with van der Waals surface area (Å²) in [6, 6.07) is 6.02. The predicted octanol–water partition coefficient (Wildman–Crippen LogP) is 3.58. The van der Waals surface area contributed by atoms with Crippen LogP contribution in [-0.4, -0.2) is 66.7 Å². The third-order valence-corrected chi connectivity index (χ3v) is 6.77. The highest BCUT2D eigenvalue weighted by molar-refractivity contribution is 5.97. The molecular weight excluding hydrogens is 434 g/mol. The molecule has 2 heterocycles. The van der Waals surface area contributed by atoms with Crippen LogP contribution < -0.4 is 10.2 Å². The molecule has 3 rings (SSSR count). The maximum absolute atomic E-state index is 12.8. The summed E-state index contributed by atoms with van der Waals surface area (Å²) in [6.07, 6.45) is 7.99. The number of anilines is 1. The number of carbonyl (C=O) groups excluding carboxylic acids is 2. The summed E-state index contributed by atoms with van der Waals surface area (Å²) < 4.78 is 5.59. The maximum Gasteiger partial charge on any atom is 0.303 e. The molecule has 8 nitrogen and oxygen atoms in total. The molecule has 1 fully saturated rings.